The molecule has 2 atom stereocenters. The molecule has 1 fully saturated rings. The van der Waals surface area contributed by atoms with Crippen LogP contribution >= 0.6 is 0 Å². The van der Waals surface area contributed by atoms with Crippen molar-refractivity contribution in [3.8, 4) is 0 Å². The highest BCUT2D eigenvalue weighted by Gasteiger charge is 2.24. The first-order valence-electron chi connectivity index (χ1n) is 6.41. The average Bonchev–Trinajstić information content (AvgIpc) is 2.74. The minimum absolute atomic E-state index is 0.409. The topological polar surface area (TPSA) is 81.7 Å². The second-order valence-corrected chi connectivity index (χ2v) is 5.16. The maximum absolute atomic E-state index is 11.4. The number of nitrogens with one attached hydrogen (secondary N) is 2. The molecule has 6 nitrogen and oxygen atoms in total. The Bertz CT molecular complexity index is 307. The Morgan fingerprint density at radius 3 is 2.56 bits per heavy atom. The van der Waals surface area contributed by atoms with Crippen LogP contribution in [-0.2, 0) is 4.79 Å². The summed E-state index contributed by atoms with van der Waals surface area (Å²) in [6, 6.07) is -0.732. The van der Waals surface area contributed by atoms with Gasteiger partial charge < -0.3 is 20.6 Å². The number of carbonyl (C=O) groups excluding carboxylic acids is 1. The molecule has 2 unspecified atom stereocenters. The summed E-state index contributed by atoms with van der Waals surface area (Å²) in [5.74, 6) is -0.574. The van der Waals surface area contributed by atoms with Crippen LogP contribution < -0.4 is 10.6 Å². The molecule has 1 aliphatic heterocycles. The van der Waals surface area contributed by atoms with E-state index in [0.717, 1.165) is 19.5 Å². The molecular formula is C12H23N3O3. The number of amides is 2. The summed E-state index contributed by atoms with van der Waals surface area (Å²) in [6.07, 6.45) is 1.08. The fraction of sp³-hybridized carbons (Fsp3) is 0.833. The van der Waals surface area contributed by atoms with Gasteiger partial charge in [0.15, 0.2) is 0 Å². The summed E-state index contributed by atoms with van der Waals surface area (Å²) < 4.78 is 0. The van der Waals surface area contributed by atoms with Crippen molar-refractivity contribution in [3.63, 3.8) is 0 Å². The number of likely N-dealkylation sites (tertiary alicyclic amines) is 1. The van der Waals surface area contributed by atoms with E-state index in [2.05, 4.69) is 29.4 Å². The van der Waals surface area contributed by atoms with Crippen LogP contribution in [0, 0.1) is 5.92 Å². The minimum atomic E-state index is -1.03. The first-order chi connectivity index (χ1) is 8.40. The molecule has 0 radical (unpaired) electrons. The van der Waals surface area contributed by atoms with Gasteiger partial charge in [0.05, 0.1) is 0 Å². The van der Waals surface area contributed by atoms with Crippen LogP contribution in [0.15, 0.2) is 0 Å². The average molecular weight is 257 g/mol. The summed E-state index contributed by atoms with van der Waals surface area (Å²) in [5.41, 5.74) is 0. The monoisotopic (exact) mass is 257 g/mol. The van der Waals surface area contributed by atoms with E-state index in [9.17, 15) is 9.59 Å². The predicted octanol–water partition coefficient (Wildman–Crippen LogP) is 0.489. The molecule has 1 saturated heterocycles. The first-order valence-corrected chi connectivity index (χ1v) is 6.41. The van der Waals surface area contributed by atoms with E-state index in [-0.39, 0.29) is 0 Å². The molecule has 0 bridgehead atoms. The van der Waals surface area contributed by atoms with Crippen LogP contribution in [-0.4, -0.2) is 53.7 Å². The van der Waals surface area contributed by atoms with Crippen molar-refractivity contribution in [2.45, 2.75) is 39.3 Å². The fourth-order valence-corrected chi connectivity index (χ4v) is 2.04. The second kappa shape index (κ2) is 6.58. The SMILES string of the molecule is CC(NC(=O)NCC1CCN(C(C)C)C1)C(=O)O. The Kier molecular flexibility index (Phi) is 5.40. The van der Waals surface area contributed by atoms with Gasteiger partial charge >= 0.3 is 12.0 Å². The Morgan fingerprint density at radius 2 is 2.06 bits per heavy atom. The van der Waals surface area contributed by atoms with E-state index in [1.807, 2.05) is 0 Å². The van der Waals surface area contributed by atoms with E-state index in [0.29, 0.717) is 18.5 Å². The lowest BCUT2D eigenvalue weighted by Gasteiger charge is -2.20. The lowest BCUT2D eigenvalue weighted by molar-refractivity contribution is -0.138. The number of urea groups is 1. The Morgan fingerprint density at radius 1 is 1.39 bits per heavy atom. The number of carbonyl (C=O) groups is 2. The Hall–Kier alpha value is -1.30. The van der Waals surface area contributed by atoms with Gasteiger partial charge in [-0.25, -0.2) is 4.79 Å². The normalized spacial score (nSPS) is 21.9. The standard InChI is InChI=1S/C12H23N3O3/c1-8(2)15-5-4-10(7-15)6-13-12(18)14-9(3)11(16)17/h8-10H,4-7H2,1-3H3,(H,16,17)(H2,13,14,18). The highest BCUT2D eigenvalue weighted by molar-refractivity contribution is 5.82. The van der Waals surface area contributed by atoms with Crippen LogP contribution in [0.5, 0.6) is 0 Å². The molecule has 0 aromatic heterocycles. The fourth-order valence-electron chi connectivity index (χ4n) is 2.04. The molecule has 0 aromatic carbocycles. The van der Waals surface area contributed by atoms with Gasteiger partial charge in [0.1, 0.15) is 6.04 Å². The molecule has 0 spiro atoms. The van der Waals surface area contributed by atoms with Gasteiger partial charge in [-0.15, -0.1) is 0 Å². The smallest absolute Gasteiger partial charge is 0.325 e. The Balaban J connectivity index is 2.22. The third-order valence-corrected chi connectivity index (χ3v) is 3.32. The van der Waals surface area contributed by atoms with Crippen molar-refractivity contribution in [1.82, 2.24) is 15.5 Å². The van der Waals surface area contributed by atoms with Crippen molar-refractivity contribution in [3.05, 3.63) is 0 Å². The Labute approximate surface area is 108 Å². The number of hydrogen-bond acceptors (Lipinski definition) is 3. The van der Waals surface area contributed by atoms with E-state index >= 15 is 0 Å². The largest absolute Gasteiger partial charge is 0.480 e. The number of carboxylic acids is 1. The van der Waals surface area contributed by atoms with Crippen LogP contribution in [0.4, 0.5) is 4.79 Å². The maximum Gasteiger partial charge on any atom is 0.325 e. The van der Waals surface area contributed by atoms with E-state index in [1.165, 1.54) is 6.92 Å². The number of nitrogens with zero attached hydrogens (tertiary/aromatic N) is 1. The molecule has 3 N–H and O–H groups in total. The molecule has 104 valence electrons. The molecule has 1 rings (SSSR count). The summed E-state index contributed by atoms with van der Waals surface area (Å²) in [5, 5.41) is 13.8. The van der Waals surface area contributed by atoms with Gasteiger partial charge in [-0.3, -0.25) is 4.79 Å². The van der Waals surface area contributed by atoms with E-state index in [1.54, 1.807) is 0 Å². The van der Waals surface area contributed by atoms with Crippen LogP contribution in [0.1, 0.15) is 27.2 Å². The van der Waals surface area contributed by atoms with E-state index in [4.69, 9.17) is 5.11 Å². The molecule has 18 heavy (non-hydrogen) atoms. The number of carboxylic acid groups (broad SMARTS) is 1. The molecule has 1 aliphatic rings. The molecule has 2 amide bonds. The van der Waals surface area contributed by atoms with Gasteiger partial charge in [0.2, 0.25) is 0 Å². The highest BCUT2D eigenvalue weighted by Crippen LogP contribution is 2.17. The number of hydrogen-bond donors (Lipinski definition) is 3. The molecule has 0 aromatic rings. The summed E-state index contributed by atoms with van der Waals surface area (Å²) in [7, 11) is 0. The molecular weight excluding hydrogens is 234 g/mol. The third-order valence-electron chi connectivity index (χ3n) is 3.32. The summed E-state index contributed by atoms with van der Waals surface area (Å²) in [6.45, 7) is 8.43. The van der Waals surface area contributed by atoms with Crippen LogP contribution in [0.25, 0.3) is 0 Å². The summed E-state index contributed by atoms with van der Waals surface area (Å²) in [4.78, 5) is 24.4. The first kappa shape index (κ1) is 14.8. The second-order valence-electron chi connectivity index (χ2n) is 5.16. The molecule has 0 saturated carbocycles. The van der Waals surface area contributed by atoms with Crippen molar-refractivity contribution >= 4 is 12.0 Å². The lowest BCUT2D eigenvalue weighted by Crippen LogP contribution is -2.45. The molecule has 6 heteroatoms. The van der Waals surface area contributed by atoms with Crippen LogP contribution in [0.2, 0.25) is 0 Å². The minimum Gasteiger partial charge on any atom is -0.480 e. The number of aliphatic carboxylic acids is 1. The zero-order valence-electron chi connectivity index (χ0n) is 11.3. The quantitative estimate of drug-likeness (QED) is 0.669. The lowest BCUT2D eigenvalue weighted by atomic mass is 10.1. The number of rotatable bonds is 5. The third kappa shape index (κ3) is 4.52. The van der Waals surface area contributed by atoms with E-state index < -0.39 is 18.0 Å². The van der Waals surface area contributed by atoms with Gasteiger partial charge in [-0.05, 0) is 39.7 Å². The van der Waals surface area contributed by atoms with Gasteiger partial charge in [-0.2, -0.15) is 0 Å². The van der Waals surface area contributed by atoms with Gasteiger partial charge in [-0.1, -0.05) is 0 Å². The zero-order valence-corrected chi connectivity index (χ0v) is 11.3. The van der Waals surface area contributed by atoms with Crippen LogP contribution in [0.3, 0.4) is 0 Å². The van der Waals surface area contributed by atoms with Crippen molar-refractivity contribution < 1.29 is 14.7 Å². The summed E-state index contributed by atoms with van der Waals surface area (Å²) >= 11 is 0. The zero-order chi connectivity index (χ0) is 13.7. The molecule has 1 heterocycles. The van der Waals surface area contributed by atoms with Gasteiger partial charge in [0, 0.05) is 19.1 Å². The van der Waals surface area contributed by atoms with Crippen molar-refractivity contribution in [2.75, 3.05) is 19.6 Å². The molecule has 0 aliphatic carbocycles. The van der Waals surface area contributed by atoms with Gasteiger partial charge in [0.25, 0.3) is 0 Å². The highest BCUT2D eigenvalue weighted by atomic mass is 16.4. The van der Waals surface area contributed by atoms with Crippen molar-refractivity contribution in [2.24, 2.45) is 5.92 Å². The predicted molar refractivity (Wildman–Crippen MR) is 68.4 cm³/mol. The van der Waals surface area contributed by atoms with Crippen molar-refractivity contribution in [1.29, 1.82) is 0 Å². The maximum atomic E-state index is 11.4.